The summed E-state index contributed by atoms with van der Waals surface area (Å²) < 4.78 is 14.8. The minimum Gasteiger partial charge on any atom is -0.372 e. The van der Waals surface area contributed by atoms with Gasteiger partial charge in [0.2, 0.25) is 5.69 Å². The Bertz CT molecular complexity index is 777. The van der Waals surface area contributed by atoms with E-state index in [0.717, 1.165) is 9.13 Å². The van der Waals surface area contributed by atoms with Crippen LogP contribution in [0.2, 0.25) is 0 Å². The highest BCUT2D eigenvalue weighted by Crippen LogP contribution is 2.21. The Morgan fingerprint density at radius 1 is 1.20 bits per heavy atom. The van der Waals surface area contributed by atoms with Crippen LogP contribution in [0.4, 0.5) is 15.9 Å². The molecule has 0 aliphatic heterocycles. The summed E-state index contributed by atoms with van der Waals surface area (Å²) in [6.45, 7) is 0. The summed E-state index contributed by atoms with van der Waals surface area (Å²) >= 11 is 0. The van der Waals surface area contributed by atoms with Crippen LogP contribution >= 0.6 is 0 Å². The van der Waals surface area contributed by atoms with Crippen LogP contribution in [0.15, 0.2) is 39.0 Å². The first-order valence-corrected chi connectivity index (χ1v) is 5.64. The summed E-state index contributed by atoms with van der Waals surface area (Å²) in [6.07, 6.45) is 0. The second kappa shape index (κ2) is 5.08. The van der Waals surface area contributed by atoms with Crippen LogP contribution in [-0.4, -0.2) is 16.2 Å². The van der Waals surface area contributed by atoms with E-state index in [1.165, 1.54) is 38.4 Å². The number of rotatable bonds is 3. The third-order valence-corrected chi connectivity index (χ3v) is 2.85. The first-order chi connectivity index (χ1) is 9.51. The fraction of sp³-hybridized carbons (Fsp3) is 0.167. The molecule has 0 bridgehead atoms. The van der Waals surface area contributed by atoms with Crippen molar-refractivity contribution in [1.29, 1.82) is 0 Å². The number of hydrogen-bond acceptors (Lipinski definition) is 5. The molecule has 2 aromatic rings. The number of aromatic nitrogens is 2. The minimum atomic E-state index is -0.798. The maximum atomic E-state index is 12.9. The molecule has 2 rings (SSSR count). The van der Waals surface area contributed by atoms with Crippen LogP contribution in [0.5, 0.6) is 0 Å². The quantitative estimate of drug-likeness (QED) is 0.852. The molecule has 1 N–H and O–H groups in total. The molecule has 1 heterocycles. The van der Waals surface area contributed by atoms with Gasteiger partial charge in [0.1, 0.15) is 11.6 Å². The van der Waals surface area contributed by atoms with Gasteiger partial charge in [0.25, 0.3) is 5.56 Å². The van der Waals surface area contributed by atoms with Crippen molar-refractivity contribution in [2.45, 2.75) is 0 Å². The lowest BCUT2D eigenvalue weighted by atomic mass is 10.3. The normalized spacial score (nSPS) is 10.3. The van der Waals surface area contributed by atoms with Crippen molar-refractivity contribution in [1.82, 2.24) is 9.13 Å². The van der Waals surface area contributed by atoms with E-state index in [1.54, 1.807) is 0 Å². The molecule has 20 heavy (non-hydrogen) atoms. The molecule has 1 aromatic carbocycles. The first kappa shape index (κ1) is 13.7. The van der Waals surface area contributed by atoms with E-state index in [4.69, 9.17) is 0 Å². The van der Waals surface area contributed by atoms with E-state index in [1.807, 2.05) is 0 Å². The molecular formula is C12H11FN4O3. The Morgan fingerprint density at radius 2 is 1.80 bits per heavy atom. The number of benzene rings is 1. The summed E-state index contributed by atoms with van der Waals surface area (Å²) in [5, 5.41) is 5.27. The second-order valence-electron chi connectivity index (χ2n) is 4.00. The molecule has 0 fully saturated rings. The summed E-state index contributed by atoms with van der Waals surface area (Å²) in [5.74, 6) is -0.508. The Morgan fingerprint density at radius 3 is 2.30 bits per heavy atom. The van der Waals surface area contributed by atoms with Crippen LogP contribution in [0.3, 0.4) is 0 Å². The lowest BCUT2D eigenvalue weighted by Crippen LogP contribution is -2.38. The SMILES string of the molecule is CNc1c(N=O)c(=O)n(C)c(=O)n1-c1ccc(F)cc1. The molecule has 0 unspecified atom stereocenters. The van der Waals surface area contributed by atoms with Gasteiger partial charge in [0.15, 0.2) is 0 Å². The van der Waals surface area contributed by atoms with Crippen molar-refractivity contribution in [3.05, 3.63) is 55.8 Å². The predicted molar refractivity (Wildman–Crippen MR) is 72.2 cm³/mol. The second-order valence-corrected chi connectivity index (χ2v) is 4.00. The Kier molecular flexibility index (Phi) is 3.47. The van der Waals surface area contributed by atoms with E-state index in [2.05, 4.69) is 10.5 Å². The zero-order valence-electron chi connectivity index (χ0n) is 10.8. The van der Waals surface area contributed by atoms with Crippen molar-refractivity contribution in [3.63, 3.8) is 0 Å². The fourth-order valence-electron chi connectivity index (χ4n) is 1.84. The lowest BCUT2D eigenvalue weighted by Gasteiger charge is -2.14. The topological polar surface area (TPSA) is 85.5 Å². The lowest BCUT2D eigenvalue weighted by molar-refractivity contribution is 0.627. The predicted octanol–water partition coefficient (Wildman–Crippen LogP) is 1.11. The maximum Gasteiger partial charge on any atom is 0.337 e. The minimum absolute atomic E-state index is 0.0419. The number of nitrogens with one attached hydrogen (secondary N) is 1. The highest BCUT2D eigenvalue weighted by molar-refractivity contribution is 5.62. The van der Waals surface area contributed by atoms with Crippen molar-refractivity contribution < 1.29 is 4.39 Å². The van der Waals surface area contributed by atoms with Crippen molar-refractivity contribution in [3.8, 4) is 5.69 Å². The third kappa shape index (κ3) is 2.00. The summed E-state index contributed by atoms with van der Waals surface area (Å²) in [7, 11) is 2.68. The first-order valence-electron chi connectivity index (χ1n) is 5.64. The van der Waals surface area contributed by atoms with Crippen LogP contribution < -0.4 is 16.6 Å². The van der Waals surface area contributed by atoms with Crippen molar-refractivity contribution >= 4 is 11.5 Å². The standard InChI is InChI=1S/C12H11FN4O3/c1-14-10-9(15-20)11(18)16(2)12(19)17(10)8-5-3-7(13)4-6-8/h3-6,14H,1-2H3. The number of anilines is 1. The Labute approximate surface area is 112 Å². The number of nitrogens with zero attached hydrogens (tertiary/aromatic N) is 3. The van der Waals surface area contributed by atoms with Gasteiger partial charge in [-0.15, -0.1) is 4.91 Å². The van der Waals surface area contributed by atoms with E-state index < -0.39 is 22.8 Å². The summed E-state index contributed by atoms with van der Waals surface area (Å²) in [4.78, 5) is 34.8. The third-order valence-electron chi connectivity index (χ3n) is 2.85. The number of halogens is 1. The summed E-state index contributed by atoms with van der Waals surface area (Å²) in [5.41, 5.74) is -1.58. The highest BCUT2D eigenvalue weighted by Gasteiger charge is 2.18. The van der Waals surface area contributed by atoms with Crippen LogP contribution in [-0.2, 0) is 7.05 Å². The zero-order chi connectivity index (χ0) is 14.9. The van der Waals surface area contributed by atoms with Gasteiger partial charge in [-0.3, -0.25) is 9.36 Å². The Hall–Kier alpha value is -2.77. The maximum absolute atomic E-state index is 12.9. The van der Waals surface area contributed by atoms with Gasteiger partial charge in [-0.1, -0.05) is 0 Å². The van der Waals surface area contributed by atoms with Crippen molar-refractivity contribution in [2.24, 2.45) is 12.2 Å². The summed E-state index contributed by atoms with van der Waals surface area (Å²) in [6, 6.07) is 5.05. The molecule has 0 saturated carbocycles. The van der Waals surface area contributed by atoms with Gasteiger partial charge in [-0.25, -0.2) is 13.8 Å². The van der Waals surface area contributed by atoms with Gasteiger partial charge < -0.3 is 5.32 Å². The molecule has 104 valence electrons. The van der Waals surface area contributed by atoms with Gasteiger partial charge in [-0.05, 0) is 29.4 Å². The average molecular weight is 278 g/mol. The molecule has 0 spiro atoms. The molecule has 0 aliphatic rings. The molecule has 0 saturated heterocycles. The van der Waals surface area contributed by atoms with Crippen molar-refractivity contribution in [2.75, 3.05) is 12.4 Å². The smallest absolute Gasteiger partial charge is 0.337 e. The van der Waals surface area contributed by atoms with Gasteiger partial charge in [0, 0.05) is 14.1 Å². The molecular weight excluding hydrogens is 267 g/mol. The monoisotopic (exact) mass is 278 g/mol. The highest BCUT2D eigenvalue weighted by atomic mass is 19.1. The van der Waals surface area contributed by atoms with Crippen LogP contribution in [0.1, 0.15) is 0 Å². The molecule has 0 amide bonds. The molecule has 7 nitrogen and oxygen atoms in total. The van der Waals surface area contributed by atoms with Crippen LogP contribution in [0, 0.1) is 10.7 Å². The van der Waals surface area contributed by atoms with E-state index in [9.17, 15) is 18.9 Å². The fourth-order valence-corrected chi connectivity index (χ4v) is 1.84. The molecule has 1 aromatic heterocycles. The molecule has 0 radical (unpaired) electrons. The van der Waals surface area contributed by atoms with Gasteiger partial charge >= 0.3 is 5.69 Å². The largest absolute Gasteiger partial charge is 0.372 e. The molecule has 0 aliphatic carbocycles. The molecule has 8 heteroatoms. The Balaban J connectivity index is 2.91. The number of nitroso groups, excluding NO2 is 1. The van der Waals surface area contributed by atoms with Crippen LogP contribution in [0.25, 0.3) is 5.69 Å². The van der Waals surface area contributed by atoms with Gasteiger partial charge in [-0.2, -0.15) is 0 Å². The van der Waals surface area contributed by atoms with Gasteiger partial charge in [0.05, 0.1) is 5.69 Å². The number of hydrogen-bond donors (Lipinski definition) is 1. The van der Waals surface area contributed by atoms with E-state index in [-0.39, 0.29) is 5.82 Å². The zero-order valence-corrected chi connectivity index (χ0v) is 10.8. The molecule has 0 atom stereocenters. The average Bonchev–Trinajstić information content (AvgIpc) is 2.46. The van der Waals surface area contributed by atoms with E-state index >= 15 is 0 Å². The van der Waals surface area contributed by atoms with E-state index in [0.29, 0.717) is 5.69 Å².